The van der Waals surface area contributed by atoms with E-state index >= 15 is 0 Å². The minimum atomic E-state index is -0.0965. The van der Waals surface area contributed by atoms with Gasteiger partial charge in [-0.2, -0.15) is 0 Å². The zero-order valence-electron chi connectivity index (χ0n) is 17.6. The molecule has 0 unspecified atom stereocenters. The molecule has 1 saturated heterocycles. The van der Waals surface area contributed by atoms with Crippen LogP contribution >= 0.6 is 11.8 Å². The van der Waals surface area contributed by atoms with Crippen molar-refractivity contribution in [3.8, 4) is 0 Å². The monoisotopic (exact) mass is 430 g/mol. The molecule has 1 fully saturated rings. The van der Waals surface area contributed by atoms with Gasteiger partial charge in [0.25, 0.3) is 0 Å². The SMILES string of the molecule is CCc1cccc(N2C(=O)CS[C@@H]2c2cccc(NC(=O)CCc3ccccc3)c2)c1. The number of hydrogen-bond donors (Lipinski definition) is 1. The Morgan fingerprint density at radius 2 is 1.77 bits per heavy atom. The predicted octanol–water partition coefficient (Wildman–Crippen LogP) is 5.60. The topological polar surface area (TPSA) is 49.4 Å². The molecule has 2 amide bonds. The summed E-state index contributed by atoms with van der Waals surface area (Å²) in [4.78, 5) is 27.0. The first kappa shape index (κ1) is 21.2. The fourth-order valence-corrected chi connectivity index (χ4v) is 4.94. The van der Waals surface area contributed by atoms with Gasteiger partial charge >= 0.3 is 0 Å². The van der Waals surface area contributed by atoms with Crippen molar-refractivity contribution in [1.29, 1.82) is 0 Å². The van der Waals surface area contributed by atoms with Gasteiger partial charge in [-0.25, -0.2) is 0 Å². The predicted molar refractivity (Wildman–Crippen MR) is 128 cm³/mol. The first-order valence-corrected chi connectivity index (χ1v) is 11.7. The molecule has 4 nitrogen and oxygen atoms in total. The number of carbonyl (C=O) groups excluding carboxylic acids is 2. The molecule has 1 atom stereocenters. The summed E-state index contributed by atoms with van der Waals surface area (Å²) in [7, 11) is 0. The Morgan fingerprint density at radius 1 is 1.00 bits per heavy atom. The summed E-state index contributed by atoms with van der Waals surface area (Å²) in [6, 6.07) is 26.0. The molecule has 0 bridgehead atoms. The van der Waals surface area contributed by atoms with Crippen LogP contribution < -0.4 is 10.2 Å². The Bertz CT molecular complexity index is 1070. The highest BCUT2D eigenvalue weighted by Gasteiger charge is 2.34. The lowest BCUT2D eigenvalue weighted by molar-refractivity contribution is -0.116. The van der Waals surface area contributed by atoms with E-state index in [0.717, 1.165) is 28.9 Å². The van der Waals surface area contributed by atoms with Crippen molar-refractivity contribution < 1.29 is 9.59 Å². The van der Waals surface area contributed by atoms with Crippen LogP contribution in [0.4, 0.5) is 11.4 Å². The van der Waals surface area contributed by atoms with Gasteiger partial charge in [-0.05, 0) is 53.8 Å². The molecule has 0 aliphatic carbocycles. The fraction of sp³-hybridized carbons (Fsp3) is 0.231. The molecule has 0 aromatic heterocycles. The molecule has 1 aliphatic rings. The van der Waals surface area contributed by atoms with Crippen LogP contribution in [-0.2, 0) is 22.4 Å². The van der Waals surface area contributed by atoms with Crippen molar-refractivity contribution in [2.75, 3.05) is 16.0 Å². The van der Waals surface area contributed by atoms with Gasteiger partial charge in [0.1, 0.15) is 5.37 Å². The third kappa shape index (κ3) is 5.17. The molecule has 1 heterocycles. The third-order valence-electron chi connectivity index (χ3n) is 5.40. The number of aryl methyl sites for hydroxylation is 2. The van der Waals surface area contributed by atoms with Gasteiger partial charge in [-0.3, -0.25) is 14.5 Å². The van der Waals surface area contributed by atoms with Crippen LogP contribution in [0.5, 0.6) is 0 Å². The maximum absolute atomic E-state index is 12.7. The number of anilines is 2. The van der Waals surface area contributed by atoms with Crippen molar-refractivity contribution in [2.45, 2.75) is 31.6 Å². The molecule has 3 aromatic rings. The molecule has 3 aromatic carbocycles. The van der Waals surface area contributed by atoms with E-state index in [1.807, 2.05) is 71.6 Å². The van der Waals surface area contributed by atoms with Crippen LogP contribution in [0.25, 0.3) is 0 Å². The Morgan fingerprint density at radius 3 is 2.58 bits per heavy atom. The molecule has 5 heteroatoms. The summed E-state index contributed by atoms with van der Waals surface area (Å²) in [5.74, 6) is 0.554. The van der Waals surface area contributed by atoms with Crippen LogP contribution in [0.15, 0.2) is 78.9 Å². The van der Waals surface area contributed by atoms with Crippen LogP contribution in [0.3, 0.4) is 0 Å². The number of nitrogens with zero attached hydrogens (tertiary/aromatic N) is 1. The van der Waals surface area contributed by atoms with E-state index in [-0.39, 0.29) is 17.2 Å². The van der Waals surface area contributed by atoms with E-state index in [9.17, 15) is 9.59 Å². The second-order valence-electron chi connectivity index (χ2n) is 7.61. The smallest absolute Gasteiger partial charge is 0.238 e. The fourth-order valence-electron chi connectivity index (χ4n) is 3.77. The third-order valence-corrected chi connectivity index (χ3v) is 6.62. The number of amides is 2. The summed E-state index contributed by atoms with van der Waals surface area (Å²) in [6.07, 6.45) is 2.07. The first-order chi connectivity index (χ1) is 15.1. The highest BCUT2D eigenvalue weighted by Crippen LogP contribution is 2.42. The molecule has 0 radical (unpaired) electrons. The van der Waals surface area contributed by atoms with Crippen LogP contribution in [0, 0.1) is 0 Å². The van der Waals surface area contributed by atoms with Crippen molar-refractivity contribution >= 4 is 35.0 Å². The van der Waals surface area contributed by atoms with E-state index in [2.05, 4.69) is 24.4 Å². The highest BCUT2D eigenvalue weighted by atomic mass is 32.2. The van der Waals surface area contributed by atoms with Crippen LogP contribution in [-0.4, -0.2) is 17.6 Å². The van der Waals surface area contributed by atoms with Gasteiger partial charge in [0.2, 0.25) is 11.8 Å². The molecule has 4 rings (SSSR count). The Labute approximate surface area is 187 Å². The number of benzene rings is 3. The number of carbonyl (C=O) groups is 2. The minimum absolute atomic E-state index is 0.0105. The van der Waals surface area contributed by atoms with Crippen molar-refractivity contribution in [2.24, 2.45) is 0 Å². The minimum Gasteiger partial charge on any atom is -0.326 e. The Kier molecular flexibility index (Phi) is 6.73. The van der Waals surface area contributed by atoms with Gasteiger partial charge in [-0.15, -0.1) is 11.8 Å². The maximum atomic E-state index is 12.7. The molecule has 31 heavy (non-hydrogen) atoms. The lowest BCUT2D eigenvalue weighted by atomic mass is 10.1. The number of nitrogens with one attached hydrogen (secondary N) is 1. The maximum Gasteiger partial charge on any atom is 0.238 e. The number of hydrogen-bond acceptors (Lipinski definition) is 3. The molecule has 0 saturated carbocycles. The van der Waals surface area contributed by atoms with Gasteiger partial charge in [0.15, 0.2) is 0 Å². The van der Waals surface area contributed by atoms with Gasteiger partial charge in [0, 0.05) is 17.8 Å². The lowest BCUT2D eigenvalue weighted by Gasteiger charge is -2.25. The van der Waals surface area contributed by atoms with E-state index < -0.39 is 0 Å². The average molecular weight is 431 g/mol. The lowest BCUT2D eigenvalue weighted by Crippen LogP contribution is -2.28. The highest BCUT2D eigenvalue weighted by molar-refractivity contribution is 8.00. The van der Waals surface area contributed by atoms with Crippen LogP contribution in [0.1, 0.15) is 35.4 Å². The second-order valence-corrected chi connectivity index (χ2v) is 8.68. The van der Waals surface area contributed by atoms with Crippen molar-refractivity contribution in [3.05, 3.63) is 95.6 Å². The molecule has 158 valence electrons. The standard InChI is InChI=1S/C26H26N2O2S/c1-2-19-10-6-13-23(16-19)28-25(30)18-31-26(28)21-11-7-12-22(17-21)27-24(29)15-14-20-8-4-3-5-9-20/h3-13,16-17,26H,2,14-15,18H2,1H3,(H,27,29)/t26-/m1/s1. The van der Waals surface area contributed by atoms with E-state index in [1.165, 1.54) is 5.56 Å². The number of thioether (sulfide) groups is 1. The average Bonchev–Trinajstić information content (AvgIpc) is 3.20. The van der Waals surface area contributed by atoms with Crippen LogP contribution in [0.2, 0.25) is 0 Å². The molecule has 1 N–H and O–H groups in total. The zero-order chi connectivity index (χ0) is 21.6. The molecular formula is C26H26N2O2S. The van der Waals surface area contributed by atoms with Crippen molar-refractivity contribution in [1.82, 2.24) is 0 Å². The molecule has 0 spiro atoms. The summed E-state index contributed by atoms with van der Waals surface area (Å²) in [6.45, 7) is 2.11. The molecular weight excluding hydrogens is 404 g/mol. The normalized spacial score (nSPS) is 15.8. The molecule has 1 aliphatic heterocycles. The van der Waals surface area contributed by atoms with Gasteiger partial charge in [-0.1, -0.05) is 61.5 Å². The van der Waals surface area contributed by atoms with Crippen molar-refractivity contribution in [3.63, 3.8) is 0 Å². The summed E-state index contributed by atoms with van der Waals surface area (Å²) in [5, 5.41) is 2.91. The van der Waals surface area contributed by atoms with Gasteiger partial charge < -0.3 is 5.32 Å². The summed E-state index contributed by atoms with van der Waals surface area (Å²) < 4.78 is 0. The zero-order valence-corrected chi connectivity index (χ0v) is 18.4. The van der Waals surface area contributed by atoms with E-state index in [4.69, 9.17) is 0 Å². The first-order valence-electron chi connectivity index (χ1n) is 10.6. The number of rotatable bonds is 7. The van der Waals surface area contributed by atoms with E-state index in [0.29, 0.717) is 18.6 Å². The Balaban J connectivity index is 1.47. The Hall–Kier alpha value is -3.05. The largest absolute Gasteiger partial charge is 0.326 e. The van der Waals surface area contributed by atoms with Gasteiger partial charge in [0.05, 0.1) is 5.75 Å². The second kappa shape index (κ2) is 9.84. The summed E-state index contributed by atoms with van der Waals surface area (Å²) >= 11 is 1.62. The van der Waals surface area contributed by atoms with E-state index in [1.54, 1.807) is 11.8 Å². The quantitative estimate of drug-likeness (QED) is 0.531. The summed E-state index contributed by atoms with van der Waals surface area (Å²) in [5.41, 5.74) is 5.06.